The Bertz CT molecular complexity index is 1380. The van der Waals surface area contributed by atoms with Crippen molar-refractivity contribution >= 4 is 61.5 Å². The van der Waals surface area contributed by atoms with Gasteiger partial charge >= 0.3 is 6.03 Å². The molecule has 7 nitrogen and oxygen atoms in total. The number of imide groups is 1. The van der Waals surface area contributed by atoms with Crippen LogP contribution in [0.15, 0.2) is 75.3 Å². The van der Waals surface area contributed by atoms with Crippen LogP contribution >= 0.6 is 31.9 Å². The molecule has 0 aromatic heterocycles. The normalized spacial score (nSPS) is 14.2. The summed E-state index contributed by atoms with van der Waals surface area (Å²) in [5, 5.41) is 5.34. The van der Waals surface area contributed by atoms with Crippen LogP contribution < -0.4 is 15.4 Å². The predicted molar refractivity (Wildman–Crippen MR) is 150 cm³/mol. The van der Waals surface area contributed by atoms with Gasteiger partial charge in [0.1, 0.15) is 24.6 Å². The molecule has 3 aromatic rings. The lowest BCUT2D eigenvalue weighted by atomic mass is 10.1. The van der Waals surface area contributed by atoms with Gasteiger partial charge in [-0.2, -0.15) is 0 Å². The number of nitrogens with one attached hydrogen (secondary N) is 2. The number of urea groups is 1. The largest absolute Gasteiger partial charge is 0.487 e. The highest BCUT2D eigenvalue weighted by atomic mass is 79.9. The molecule has 0 bridgehead atoms. The van der Waals surface area contributed by atoms with Crippen LogP contribution in [0.3, 0.4) is 0 Å². The lowest BCUT2D eigenvalue weighted by molar-refractivity contribution is -0.127. The summed E-state index contributed by atoms with van der Waals surface area (Å²) in [4.78, 5) is 38.8. The Morgan fingerprint density at radius 2 is 1.78 bits per heavy atom. The molecule has 0 radical (unpaired) electrons. The van der Waals surface area contributed by atoms with E-state index in [0.29, 0.717) is 32.6 Å². The Kier molecular flexibility index (Phi) is 8.45. The number of ether oxygens (including phenoxy) is 1. The Balaban J connectivity index is 1.44. The first kappa shape index (κ1) is 26.6. The Morgan fingerprint density at radius 1 is 1.05 bits per heavy atom. The fourth-order valence-electron chi connectivity index (χ4n) is 3.92. The zero-order valence-electron chi connectivity index (χ0n) is 20.3. The number of carbonyl (C=O) groups is 3. The maximum atomic E-state index is 12.9. The van der Waals surface area contributed by atoms with Crippen molar-refractivity contribution in [3.05, 3.63) is 97.6 Å². The number of halogens is 2. The lowest BCUT2D eigenvalue weighted by Crippen LogP contribution is -2.38. The van der Waals surface area contributed by atoms with Crippen LogP contribution in [0.4, 0.5) is 10.5 Å². The fourth-order valence-corrected chi connectivity index (χ4v) is 5.37. The Hall–Kier alpha value is -3.43. The van der Waals surface area contributed by atoms with Crippen molar-refractivity contribution in [2.24, 2.45) is 0 Å². The molecule has 0 saturated carbocycles. The van der Waals surface area contributed by atoms with Gasteiger partial charge in [-0.05, 0) is 86.2 Å². The Labute approximate surface area is 232 Å². The van der Waals surface area contributed by atoms with Gasteiger partial charge < -0.3 is 15.4 Å². The van der Waals surface area contributed by atoms with Gasteiger partial charge in [-0.25, -0.2) is 9.69 Å². The molecule has 0 unspecified atom stereocenters. The van der Waals surface area contributed by atoms with E-state index in [1.807, 2.05) is 50.2 Å². The maximum Gasteiger partial charge on any atom is 0.329 e. The number of benzene rings is 3. The molecule has 1 aliphatic rings. The summed E-state index contributed by atoms with van der Waals surface area (Å²) in [5.41, 5.74) is 4.58. The number of rotatable bonds is 8. The van der Waals surface area contributed by atoms with Gasteiger partial charge in [0.25, 0.3) is 5.91 Å². The first-order valence-electron chi connectivity index (χ1n) is 11.6. The third kappa shape index (κ3) is 6.47. The van der Waals surface area contributed by atoms with Gasteiger partial charge in [0.2, 0.25) is 5.91 Å². The smallest absolute Gasteiger partial charge is 0.329 e. The highest BCUT2D eigenvalue weighted by Gasteiger charge is 2.35. The standard InChI is InChI=1S/C28H25Br2N3O4/c1-3-20-9-4-5-10-23(20)31-25(34)15-33-27(35)24(32-28(33)36)14-19-12-21(29)26(22(30)13-19)37-16-18-8-6-7-17(2)11-18/h4-14H,3,15-16H2,1-2H3,(H,31,34)(H,32,36)/b24-14+. The minimum absolute atomic E-state index is 0.0824. The van der Waals surface area contributed by atoms with Crippen molar-refractivity contribution in [1.82, 2.24) is 10.2 Å². The van der Waals surface area contributed by atoms with Crippen molar-refractivity contribution in [2.45, 2.75) is 26.9 Å². The quantitative estimate of drug-likeness (QED) is 0.230. The summed E-state index contributed by atoms with van der Waals surface area (Å²) >= 11 is 7.06. The van der Waals surface area contributed by atoms with Gasteiger partial charge in [0.15, 0.2) is 0 Å². The molecule has 190 valence electrons. The molecule has 37 heavy (non-hydrogen) atoms. The van der Waals surface area contributed by atoms with Crippen LogP contribution in [0.1, 0.15) is 29.2 Å². The predicted octanol–water partition coefficient (Wildman–Crippen LogP) is 6.19. The Morgan fingerprint density at radius 3 is 2.49 bits per heavy atom. The molecule has 2 N–H and O–H groups in total. The van der Waals surface area contributed by atoms with Gasteiger partial charge in [0.05, 0.1) is 8.95 Å². The number of anilines is 1. The van der Waals surface area contributed by atoms with Gasteiger partial charge in [-0.1, -0.05) is 55.0 Å². The number of carbonyl (C=O) groups excluding carboxylic acids is 3. The second kappa shape index (κ2) is 11.7. The van der Waals surface area contributed by atoms with Gasteiger partial charge in [-0.3, -0.25) is 9.59 Å². The summed E-state index contributed by atoms with van der Waals surface area (Å²) in [5.74, 6) is -0.404. The van der Waals surface area contributed by atoms with E-state index in [9.17, 15) is 14.4 Å². The van der Waals surface area contributed by atoms with Crippen LogP contribution in [0.5, 0.6) is 5.75 Å². The number of para-hydroxylation sites is 1. The molecule has 0 atom stereocenters. The molecule has 1 aliphatic heterocycles. The number of hydrogen-bond acceptors (Lipinski definition) is 4. The van der Waals surface area contributed by atoms with E-state index < -0.39 is 17.8 Å². The summed E-state index contributed by atoms with van der Waals surface area (Å²) in [7, 11) is 0. The van der Waals surface area contributed by atoms with Crippen molar-refractivity contribution in [2.75, 3.05) is 11.9 Å². The summed E-state index contributed by atoms with van der Waals surface area (Å²) in [6.07, 6.45) is 2.30. The maximum absolute atomic E-state index is 12.9. The van der Waals surface area contributed by atoms with Crippen LogP contribution in [0.25, 0.3) is 6.08 Å². The second-order valence-electron chi connectivity index (χ2n) is 8.53. The third-order valence-electron chi connectivity index (χ3n) is 5.73. The SMILES string of the molecule is CCc1ccccc1NC(=O)CN1C(=O)N/C(=C/c2cc(Br)c(OCc3cccc(C)c3)c(Br)c2)C1=O. The minimum atomic E-state index is -0.647. The van der Waals surface area contributed by atoms with Crippen molar-refractivity contribution < 1.29 is 19.1 Å². The first-order chi connectivity index (χ1) is 17.7. The van der Waals surface area contributed by atoms with Crippen molar-refractivity contribution in [1.29, 1.82) is 0 Å². The number of amides is 4. The molecule has 9 heteroatoms. The zero-order valence-corrected chi connectivity index (χ0v) is 23.5. The third-order valence-corrected chi connectivity index (χ3v) is 6.91. The molecule has 1 fully saturated rings. The summed E-state index contributed by atoms with van der Waals surface area (Å²) < 4.78 is 7.36. The van der Waals surface area contributed by atoms with Crippen LogP contribution in [-0.2, 0) is 22.6 Å². The van der Waals surface area contributed by atoms with Crippen LogP contribution in [0.2, 0.25) is 0 Å². The van der Waals surface area contributed by atoms with E-state index in [1.54, 1.807) is 24.3 Å². The monoisotopic (exact) mass is 625 g/mol. The average Bonchev–Trinajstić information content (AvgIpc) is 3.11. The van der Waals surface area contributed by atoms with E-state index in [4.69, 9.17) is 4.74 Å². The fraction of sp³-hybridized carbons (Fsp3) is 0.179. The number of aryl methyl sites for hydroxylation is 2. The van der Waals surface area contributed by atoms with E-state index >= 15 is 0 Å². The van der Waals surface area contributed by atoms with Gasteiger partial charge in [-0.15, -0.1) is 0 Å². The highest BCUT2D eigenvalue weighted by Crippen LogP contribution is 2.36. The topological polar surface area (TPSA) is 87.7 Å². The zero-order chi connectivity index (χ0) is 26.5. The molecule has 4 rings (SSSR count). The van der Waals surface area contributed by atoms with E-state index in [0.717, 1.165) is 28.0 Å². The summed E-state index contributed by atoms with van der Waals surface area (Å²) in [6, 6.07) is 18.4. The molecule has 0 aliphatic carbocycles. The second-order valence-corrected chi connectivity index (χ2v) is 10.2. The number of nitrogens with zero attached hydrogens (tertiary/aromatic N) is 1. The van der Waals surface area contributed by atoms with E-state index in [-0.39, 0.29) is 12.2 Å². The van der Waals surface area contributed by atoms with Crippen molar-refractivity contribution in [3.8, 4) is 5.75 Å². The van der Waals surface area contributed by atoms with Crippen molar-refractivity contribution in [3.63, 3.8) is 0 Å². The van der Waals surface area contributed by atoms with Gasteiger partial charge in [0, 0.05) is 5.69 Å². The molecular formula is C28H25Br2N3O4. The van der Waals surface area contributed by atoms with E-state index in [2.05, 4.69) is 48.6 Å². The first-order valence-corrected chi connectivity index (χ1v) is 13.2. The van der Waals surface area contributed by atoms with E-state index in [1.165, 1.54) is 0 Å². The lowest BCUT2D eigenvalue weighted by Gasteiger charge is -2.13. The molecule has 3 aromatic carbocycles. The molecule has 1 saturated heterocycles. The van der Waals surface area contributed by atoms with Crippen LogP contribution in [0, 0.1) is 6.92 Å². The molecule has 0 spiro atoms. The van der Waals surface area contributed by atoms with Crippen LogP contribution in [-0.4, -0.2) is 29.3 Å². The molecule has 4 amide bonds. The average molecular weight is 627 g/mol. The minimum Gasteiger partial charge on any atom is -0.487 e. The number of hydrogen-bond donors (Lipinski definition) is 2. The summed E-state index contributed by atoms with van der Waals surface area (Å²) in [6.45, 7) is 4.02. The highest BCUT2D eigenvalue weighted by molar-refractivity contribution is 9.11. The molecular weight excluding hydrogens is 602 g/mol. The molecule has 1 heterocycles.